The van der Waals surface area contributed by atoms with E-state index in [1.807, 2.05) is 0 Å². The SMILES string of the molecule is CC1CN(Cc2ncn[nH]2)CCC1N. The Kier molecular flexibility index (Phi) is 2.79. The average Bonchev–Trinajstić information content (AvgIpc) is 2.64. The van der Waals surface area contributed by atoms with E-state index in [1.165, 1.54) is 0 Å². The summed E-state index contributed by atoms with van der Waals surface area (Å²) in [5, 5.41) is 6.71. The van der Waals surface area contributed by atoms with Gasteiger partial charge in [0, 0.05) is 19.1 Å². The van der Waals surface area contributed by atoms with Gasteiger partial charge in [-0.2, -0.15) is 5.10 Å². The van der Waals surface area contributed by atoms with Gasteiger partial charge in [-0.15, -0.1) is 0 Å². The Hall–Kier alpha value is -0.940. The molecule has 78 valence electrons. The number of aromatic nitrogens is 3. The van der Waals surface area contributed by atoms with E-state index in [2.05, 4.69) is 27.0 Å². The lowest BCUT2D eigenvalue weighted by Crippen LogP contribution is -2.45. The molecule has 2 rings (SSSR count). The minimum absolute atomic E-state index is 0.362. The third-order valence-corrected chi connectivity index (χ3v) is 2.89. The number of nitrogens with one attached hydrogen (secondary N) is 1. The highest BCUT2D eigenvalue weighted by Gasteiger charge is 2.23. The van der Waals surface area contributed by atoms with Gasteiger partial charge in [0.1, 0.15) is 12.2 Å². The van der Waals surface area contributed by atoms with E-state index < -0.39 is 0 Å². The van der Waals surface area contributed by atoms with Crippen molar-refractivity contribution in [2.75, 3.05) is 13.1 Å². The summed E-state index contributed by atoms with van der Waals surface area (Å²) in [6, 6.07) is 0.362. The zero-order valence-corrected chi connectivity index (χ0v) is 8.48. The van der Waals surface area contributed by atoms with Crippen LogP contribution in [0.25, 0.3) is 0 Å². The third-order valence-electron chi connectivity index (χ3n) is 2.89. The summed E-state index contributed by atoms with van der Waals surface area (Å²) in [5.41, 5.74) is 5.95. The number of rotatable bonds is 2. The molecule has 0 aliphatic carbocycles. The molecule has 1 aromatic rings. The molecule has 0 aromatic carbocycles. The first-order valence-corrected chi connectivity index (χ1v) is 5.08. The van der Waals surface area contributed by atoms with Crippen LogP contribution in [-0.4, -0.2) is 39.2 Å². The highest BCUT2D eigenvalue weighted by molar-refractivity contribution is 4.85. The molecule has 0 amide bonds. The molecule has 1 aliphatic rings. The highest BCUT2D eigenvalue weighted by Crippen LogP contribution is 2.15. The monoisotopic (exact) mass is 195 g/mol. The number of piperidine rings is 1. The Labute approximate surface area is 83.7 Å². The standard InChI is InChI=1S/C9H17N5/c1-7-4-14(3-2-8(7)10)5-9-11-6-12-13-9/h6-8H,2-5,10H2,1H3,(H,11,12,13). The quantitative estimate of drug-likeness (QED) is 0.695. The van der Waals surface area contributed by atoms with Gasteiger partial charge in [0.25, 0.3) is 0 Å². The van der Waals surface area contributed by atoms with E-state index in [0.717, 1.165) is 31.9 Å². The minimum atomic E-state index is 0.362. The zero-order valence-electron chi connectivity index (χ0n) is 8.48. The van der Waals surface area contributed by atoms with Gasteiger partial charge < -0.3 is 5.73 Å². The van der Waals surface area contributed by atoms with Crippen LogP contribution in [-0.2, 0) is 6.54 Å². The number of hydrogen-bond acceptors (Lipinski definition) is 4. The molecule has 0 bridgehead atoms. The van der Waals surface area contributed by atoms with Crippen molar-refractivity contribution in [3.63, 3.8) is 0 Å². The smallest absolute Gasteiger partial charge is 0.138 e. The molecule has 14 heavy (non-hydrogen) atoms. The molecule has 1 saturated heterocycles. The first-order chi connectivity index (χ1) is 6.75. The normalized spacial score (nSPS) is 29.3. The van der Waals surface area contributed by atoms with Crippen LogP contribution < -0.4 is 5.73 Å². The molecule has 2 atom stereocenters. The van der Waals surface area contributed by atoms with Crippen molar-refractivity contribution in [2.24, 2.45) is 11.7 Å². The van der Waals surface area contributed by atoms with Crippen LogP contribution in [0.3, 0.4) is 0 Å². The fourth-order valence-corrected chi connectivity index (χ4v) is 1.91. The van der Waals surface area contributed by atoms with E-state index in [9.17, 15) is 0 Å². The summed E-state index contributed by atoms with van der Waals surface area (Å²) >= 11 is 0. The van der Waals surface area contributed by atoms with Crippen molar-refractivity contribution in [3.8, 4) is 0 Å². The minimum Gasteiger partial charge on any atom is -0.327 e. The first-order valence-electron chi connectivity index (χ1n) is 5.08. The molecule has 2 heterocycles. The number of aromatic amines is 1. The molecule has 1 fully saturated rings. The summed E-state index contributed by atoms with van der Waals surface area (Å²) in [6.07, 6.45) is 2.63. The Morgan fingerprint density at radius 3 is 3.21 bits per heavy atom. The number of nitrogens with zero attached hydrogens (tertiary/aromatic N) is 3. The Morgan fingerprint density at radius 1 is 1.71 bits per heavy atom. The third kappa shape index (κ3) is 2.10. The number of likely N-dealkylation sites (tertiary alicyclic amines) is 1. The van der Waals surface area contributed by atoms with Crippen molar-refractivity contribution < 1.29 is 0 Å². The number of hydrogen-bond donors (Lipinski definition) is 2. The van der Waals surface area contributed by atoms with E-state index in [-0.39, 0.29) is 0 Å². The van der Waals surface area contributed by atoms with Crippen LogP contribution in [0.4, 0.5) is 0 Å². The molecule has 5 heteroatoms. The Bertz CT molecular complexity index is 271. The summed E-state index contributed by atoms with van der Waals surface area (Å²) in [5.74, 6) is 1.51. The zero-order chi connectivity index (χ0) is 9.97. The molecular formula is C9H17N5. The summed E-state index contributed by atoms with van der Waals surface area (Å²) in [6.45, 7) is 5.18. The lowest BCUT2D eigenvalue weighted by molar-refractivity contribution is 0.154. The van der Waals surface area contributed by atoms with E-state index in [0.29, 0.717) is 12.0 Å². The van der Waals surface area contributed by atoms with Gasteiger partial charge in [-0.1, -0.05) is 6.92 Å². The van der Waals surface area contributed by atoms with Crippen molar-refractivity contribution >= 4 is 0 Å². The molecule has 5 nitrogen and oxygen atoms in total. The van der Waals surface area contributed by atoms with Gasteiger partial charge in [-0.3, -0.25) is 10.00 Å². The molecule has 0 radical (unpaired) electrons. The second-order valence-corrected chi connectivity index (χ2v) is 4.10. The summed E-state index contributed by atoms with van der Waals surface area (Å²) in [7, 11) is 0. The van der Waals surface area contributed by atoms with Gasteiger partial charge in [0.15, 0.2) is 0 Å². The maximum absolute atomic E-state index is 5.95. The maximum atomic E-state index is 5.95. The molecule has 0 spiro atoms. The van der Waals surface area contributed by atoms with Crippen molar-refractivity contribution in [1.29, 1.82) is 0 Å². The van der Waals surface area contributed by atoms with Gasteiger partial charge in [-0.05, 0) is 12.3 Å². The van der Waals surface area contributed by atoms with Crippen LogP contribution in [0.2, 0.25) is 0 Å². The molecule has 1 aliphatic heterocycles. The van der Waals surface area contributed by atoms with E-state index in [1.54, 1.807) is 6.33 Å². The van der Waals surface area contributed by atoms with Gasteiger partial charge in [-0.25, -0.2) is 4.98 Å². The lowest BCUT2D eigenvalue weighted by atomic mass is 9.95. The lowest BCUT2D eigenvalue weighted by Gasteiger charge is -2.34. The van der Waals surface area contributed by atoms with Crippen LogP contribution in [0.15, 0.2) is 6.33 Å². The van der Waals surface area contributed by atoms with Crippen LogP contribution in [0.5, 0.6) is 0 Å². The maximum Gasteiger partial charge on any atom is 0.138 e. The Balaban J connectivity index is 1.88. The fraction of sp³-hybridized carbons (Fsp3) is 0.778. The number of H-pyrrole nitrogens is 1. The van der Waals surface area contributed by atoms with Gasteiger partial charge >= 0.3 is 0 Å². The molecule has 0 saturated carbocycles. The Morgan fingerprint density at radius 2 is 2.57 bits per heavy atom. The van der Waals surface area contributed by atoms with Crippen molar-refractivity contribution in [3.05, 3.63) is 12.2 Å². The molecule has 3 N–H and O–H groups in total. The van der Waals surface area contributed by atoms with Gasteiger partial charge in [0.2, 0.25) is 0 Å². The summed E-state index contributed by atoms with van der Waals surface area (Å²) in [4.78, 5) is 6.48. The molecule has 1 aromatic heterocycles. The van der Waals surface area contributed by atoms with Crippen LogP contribution in [0, 0.1) is 5.92 Å². The summed E-state index contributed by atoms with van der Waals surface area (Å²) < 4.78 is 0. The predicted octanol–water partition coefficient (Wildman–Crippen LogP) is -0.0262. The van der Waals surface area contributed by atoms with Crippen LogP contribution >= 0.6 is 0 Å². The second kappa shape index (κ2) is 4.06. The van der Waals surface area contributed by atoms with E-state index >= 15 is 0 Å². The molecule has 2 unspecified atom stereocenters. The second-order valence-electron chi connectivity index (χ2n) is 4.10. The largest absolute Gasteiger partial charge is 0.327 e. The van der Waals surface area contributed by atoms with Crippen LogP contribution in [0.1, 0.15) is 19.2 Å². The van der Waals surface area contributed by atoms with Gasteiger partial charge in [0.05, 0.1) is 6.54 Å². The fourth-order valence-electron chi connectivity index (χ4n) is 1.91. The first kappa shape index (κ1) is 9.61. The average molecular weight is 195 g/mol. The van der Waals surface area contributed by atoms with Crippen molar-refractivity contribution in [1.82, 2.24) is 20.1 Å². The van der Waals surface area contributed by atoms with E-state index in [4.69, 9.17) is 5.73 Å². The van der Waals surface area contributed by atoms with Crippen molar-refractivity contribution in [2.45, 2.75) is 25.9 Å². The topological polar surface area (TPSA) is 70.8 Å². The predicted molar refractivity (Wildman–Crippen MR) is 53.4 cm³/mol. The number of nitrogens with two attached hydrogens (primary N) is 1. The highest BCUT2D eigenvalue weighted by atomic mass is 15.2. The molecular weight excluding hydrogens is 178 g/mol.